The van der Waals surface area contributed by atoms with Crippen LogP contribution in [0, 0.1) is 10.8 Å². The molecule has 2 saturated carbocycles. The first-order valence-electron chi connectivity index (χ1n) is 5.89. The summed E-state index contributed by atoms with van der Waals surface area (Å²) < 4.78 is 11.8. The first-order valence-corrected chi connectivity index (χ1v) is 5.89. The van der Waals surface area contributed by atoms with Gasteiger partial charge in [-0.3, -0.25) is 0 Å². The van der Waals surface area contributed by atoms with Crippen LogP contribution in [-0.2, 0) is 9.47 Å². The van der Waals surface area contributed by atoms with Crippen LogP contribution in [0.2, 0.25) is 0 Å². The number of rotatable bonds is 0. The number of aliphatic hydroxyl groups is 1. The molecule has 3 nitrogen and oxygen atoms in total. The Bertz CT molecular complexity index is 345. The molecule has 0 aromatic carbocycles. The Kier molecular flexibility index (Phi) is 1.35. The SMILES string of the molecule is O[C@H]1C[C@@]23C=C[C@]2(C1)C1(CC3)OCCO1. The van der Waals surface area contributed by atoms with Crippen LogP contribution in [0.3, 0.4) is 0 Å². The van der Waals surface area contributed by atoms with Gasteiger partial charge in [0.1, 0.15) is 0 Å². The average molecular weight is 208 g/mol. The highest BCUT2D eigenvalue weighted by molar-refractivity contribution is 5.38. The van der Waals surface area contributed by atoms with Gasteiger partial charge in [0.15, 0.2) is 5.79 Å². The van der Waals surface area contributed by atoms with E-state index in [1.165, 1.54) is 0 Å². The van der Waals surface area contributed by atoms with Crippen molar-refractivity contribution in [2.45, 2.75) is 37.6 Å². The van der Waals surface area contributed by atoms with E-state index >= 15 is 0 Å². The van der Waals surface area contributed by atoms with Crippen LogP contribution in [0.15, 0.2) is 12.2 Å². The second-order valence-electron chi connectivity index (χ2n) is 5.47. The van der Waals surface area contributed by atoms with E-state index in [-0.39, 0.29) is 22.7 Å². The van der Waals surface area contributed by atoms with E-state index in [0.29, 0.717) is 13.2 Å². The fourth-order valence-corrected chi connectivity index (χ4v) is 4.44. The van der Waals surface area contributed by atoms with E-state index < -0.39 is 0 Å². The minimum Gasteiger partial charge on any atom is -0.393 e. The van der Waals surface area contributed by atoms with Crippen LogP contribution < -0.4 is 0 Å². The van der Waals surface area contributed by atoms with Crippen LogP contribution in [0.1, 0.15) is 25.7 Å². The van der Waals surface area contributed by atoms with Crippen molar-refractivity contribution in [3.63, 3.8) is 0 Å². The molecule has 4 rings (SSSR count). The van der Waals surface area contributed by atoms with Crippen molar-refractivity contribution in [1.29, 1.82) is 0 Å². The van der Waals surface area contributed by atoms with E-state index in [0.717, 1.165) is 25.7 Å². The molecule has 15 heavy (non-hydrogen) atoms. The lowest BCUT2D eigenvalue weighted by Gasteiger charge is -2.50. The average Bonchev–Trinajstić information content (AvgIpc) is 2.76. The molecule has 3 fully saturated rings. The first kappa shape index (κ1) is 8.74. The van der Waals surface area contributed by atoms with Gasteiger partial charge in [0, 0.05) is 11.8 Å². The summed E-state index contributed by atoms with van der Waals surface area (Å²) in [5.74, 6) is -0.390. The minimum atomic E-state index is -0.390. The topological polar surface area (TPSA) is 38.7 Å². The molecule has 3 aliphatic carbocycles. The van der Waals surface area contributed by atoms with Crippen molar-refractivity contribution < 1.29 is 14.6 Å². The van der Waals surface area contributed by atoms with Gasteiger partial charge >= 0.3 is 0 Å². The summed E-state index contributed by atoms with van der Waals surface area (Å²) in [5.41, 5.74) is 0.187. The Labute approximate surface area is 89.1 Å². The summed E-state index contributed by atoms with van der Waals surface area (Å²) in [4.78, 5) is 0. The fraction of sp³-hybridized carbons (Fsp3) is 0.833. The minimum absolute atomic E-state index is 0.00405. The molecular weight excluding hydrogens is 192 g/mol. The third-order valence-corrected chi connectivity index (χ3v) is 5.07. The predicted molar refractivity (Wildman–Crippen MR) is 53.1 cm³/mol. The Morgan fingerprint density at radius 1 is 1.07 bits per heavy atom. The molecule has 4 aliphatic rings. The summed E-state index contributed by atoms with van der Waals surface area (Å²) in [5, 5.41) is 9.90. The van der Waals surface area contributed by atoms with Crippen LogP contribution in [0.25, 0.3) is 0 Å². The summed E-state index contributed by atoms with van der Waals surface area (Å²) in [6.45, 7) is 1.42. The van der Waals surface area contributed by atoms with Gasteiger partial charge < -0.3 is 14.6 Å². The maximum Gasteiger partial charge on any atom is 0.178 e. The highest BCUT2D eigenvalue weighted by atomic mass is 16.7. The van der Waals surface area contributed by atoms with Gasteiger partial charge in [0.2, 0.25) is 0 Å². The lowest BCUT2D eigenvalue weighted by Crippen LogP contribution is -2.52. The Morgan fingerprint density at radius 3 is 2.53 bits per heavy atom. The molecule has 1 heterocycles. The maximum atomic E-state index is 9.90. The predicted octanol–water partition coefficient (Wildman–Crippen LogP) is 1.22. The third kappa shape index (κ3) is 0.718. The van der Waals surface area contributed by atoms with E-state index in [1.807, 2.05) is 0 Å². The number of hydrogen-bond donors (Lipinski definition) is 1. The van der Waals surface area contributed by atoms with E-state index in [9.17, 15) is 5.11 Å². The standard InChI is InChI=1S/C12H16O3/c13-9-7-10-1-3-11(10,8-9)12(4-2-10)14-5-6-15-12/h1,3,9,13H,2,4-8H2/t9-,10-,11+/m0/s1. The van der Waals surface area contributed by atoms with Gasteiger partial charge in [-0.2, -0.15) is 0 Å². The van der Waals surface area contributed by atoms with Gasteiger partial charge in [0.05, 0.1) is 24.7 Å². The highest BCUT2D eigenvalue weighted by Gasteiger charge is 2.75. The summed E-state index contributed by atoms with van der Waals surface area (Å²) >= 11 is 0. The van der Waals surface area contributed by atoms with Gasteiger partial charge in [-0.25, -0.2) is 0 Å². The van der Waals surface area contributed by atoms with Crippen LogP contribution in [0.4, 0.5) is 0 Å². The number of aliphatic hydroxyl groups excluding tert-OH is 1. The van der Waals surface area contributed by atoms with Gasteiger partial charge in [-0.15, -0.1) is 0 Å². The maximum absolute atomic E-state index is 9.90. The van der Waals surface area contributed by atoms with Gasteiger partial charge in [-0.05, 0) is 19.3 Å². The summed E-state index contributed by atoms with van der Waals surface area (Å²) in [7, 11) is 0. The molecule has 0 aromatic rings. The monoisotopic (exact) mass is 208 g/mol. The normalized spacial score (nSPS) is 54.3. The molecule has 0 bridgehead atoms. The molecule has 82 valence electrons. The third-order valence-electron chi connectivity index (χ3n) is 5.07. The van der Waals surface area contributed by atoms with Gasteiger partial charge in [0.25, 0.3) is 0 Å². The Morgan fingerprint density at radius 2 is 1.87 bits per heavy atom. The van der Waals surface area contributed by atoms with Crippen LogP contribution in [0.5, 0.6) is 0 Å². The quantitative estimate of drug-likeness (QED) is 0.608. The second kappa shape index (κ2) is 2.31. The molecule has 0 aromatic heterocycles. The zero-order valence-electron chi connectivity index (χ0n) is 8.74. The molecule has 1 spiro atoms. The van der Waals surface area contributed by atoms with E-state index in [2.05, 4.69) is 12.2 Å². The summed E-state index contributed by atoms with van der Waals surface area (Å²) in [6.07, 6.45) is 8.17. The molecular formula is C12H16O3. The van der Waals surface area contributed by atoms with Crippen molar-refractivity contribution >= 4 is 0 Å². The smallest absolute Gasteiger partial charge is 0.178 e. The first-order chi connectivity index (χ1) is 7.22. The van der Waals surface area contributed by atoms with Crippen molar-refractivity contribution in [2.75, 3.05) is 13.2 Å². The number of ether oxygens (including phenoxy) is 2. The van der Waals surface area contributed by atoms with E-state index in [4.69, 9.17) is 9.47 Å². The lowest BCUT2D eigenvalue weighted by molar-refractivity contribution is -0.222. The second-order valence-corrected chi connectivity index (χ2v) is 5.47. The van der Waals surface area contributed by atoms with E-state index in [1.54, 1.807) is 0 Å². The van der Waals surface area contributed by atoms with Crippen molar-refractivity contribution in [2.24, 2.45) is 10.8 Å². The number of allylic oxidation sites excluding steroid dienone is 1. The van der Waals surface area contributed by atoms with Crippen molar-refractivity contribution in [1.82, 2.24) is 0 Å². The molecule has 0 unspecified atom stereocenters. The largest absolute Gasteiger partial charge is 0.393 e. The molecule has 0 radical (unpaired) electrons. The fourth-order valence-electron chi connectivity index (χ4n) is 4.44. The molecule has 3 atom stereocenters. The molecule has 3 heteroatoms. The van der Waals surface area contributed by atoms with Crippen molar-refractivity contribution in [3.05, 3.63) is 12.2 Å². The lowest BCUT2D eigenvalue weighted by atomic mass is 9.58. The molecule has 1 N–H and O–H groups in total. The van der Waals surface area contributed by atoms with Crippen LogP contribution >= 0.6 is 0 Å². The van der Waals surface area contributed by atoms with Crippen LogP contribution in [-0.4, -0.2) is 30.2 Å². The zero-order valence-corrected chi connectivity index (χ0v) is 8.74. The van der Waals surface area contributed by atoms with Crippen molar-refractivity contribution in [3.8, 4) is 0 Å². The highest BCUT2D eigenvalue weighted by Crippen LogP contribution is 2.74. The molecule has 1 saturated heterocycles. The Balaban J connectivity index is 1.84. The summed E-state index contributed by atoms with van der Waals surface area (Å²) in [6, 6.07) is 0. The van der Waals surface area contributed by atoms with Gasteiger partial charge in [-0.1, -0.05) is 12.2 Å². The Hall–Kier alpha value is -0.380. The zero-order chi connectivity index (χ0) is 10.1. The number of hydrogen-bond acceptors (Lipinski definition) is 3. The molecule has 1 aliphatic heterocycles. The molecule has 0 amide bonds.